The lowest BCUT2D eigenvalue weighted by molar-refractivity contribution is -0.152. The smallest absolute Gasteiger partial charge is 0.326 e. The third-order valence-electron chi connectivity index (χ3n) is 5.95. The molecule has 2 saturated heterocycles. The molecule has 2 aliphatic rings. The van der Waals surface area contributed by atoms with Gasteiger partial charge in [0.05, 0.1) is 31.9 Å². The van der Waals surface area contributed by atoms with Crippen LogP contribution in [0.4, 0.5) is 0 Å². The number of nitrogens with one attached hydrogen (secondary N) is 1. The highest BCUT2D eigenvalue weighted by atomic mass is 35.5. The zero-order valence-corrected chi connectivity index (χ0v) is 18.5. The van der Waals surface area contributed by atoms with Crippen LogP contribution in [0.15, 0.2) is 24.3 Å². The average molecular weight is 453 g/mol. The molecule has 2 aliphatic heterocycles. The Morgan fingerprint density at radius 2 is 2.00 bits per heavy atom. The van der Waals surface area contributed by atoms with E-state index in [1.165, 1.54) is 4.90 Å². The molecule has 2 N–H and O–H groups in total. The third-order valence-corrected chi connectivity index (χ3v) is 6.20. The van der Waals surface area contributed by atoms with Gasteiger partial charge in [-0.25, -0.2) is 4.79 Å². The molecule has 8 nitrogen and oxygen atoms in total. The molecule has 2 heterocycles. The van der Waals surface area contributed by atoms with Gasteiger partial charge in [0.2, 0.25) is 5.91 Å². The number of halogens is 1. The van der Waals surface area contributed by atoms with Crippen molar-refractivity contribution in [1.82, 2.24) is 10.2 Å². The fraction of sp³-hybridized carbons (Fsp3) is 0.591. The number of benzene rings is 1. The molecule has 170 valence electrons. The highest BCUT2D eigenvalue weighted by Crippen LogP contribution is 2.35. The van der Waals surface area contributed by atoms with Crippen LogP contribution in [0, 0.1) is 5.92 Å². The van der Waals surface area contributed by atoms with Crippen molar-refractivity contribution in [3.8, 4) is 0 Å². The Hall–Kier alpha value is -2.16. The van der Waals surface area contributed by atoms with E-state index in [2.05, 4.69) is 5.32 Å². The summed E-state index contributed by atoms with van der Waals surface area (Å²) in [5.41, 5.74) is 1.01. The Morgan fingerprint density at radius 1 is 1.29 bits per heavy atom. The monoisotopic (exact) mass is 452 g/mol. The van der Waals surface area contributed by atoms with Gasteiger partial charge in [-0.1, -0.05) is 23.7 Å². The van der Waals surface area contributed by atoms with Crippen molar-refractivity contribution >= 4 is 29.4 Å². The van der Waals surface area contributed by atoms with E-state index in [0.717, 1.165) is 5.56 Å². The molecule has 0 saturated carbocycles. The number of carboxylic acid groups (broad SMARTS) is 1. The fourth-order valence-corrected chi connectivity index (χ4v) is 4.48. The highest BCUT2D eigenvalue weighted by molar-refractivity contribution is 6.30. The van der Waals surface area contributed by atoms with Gasteiger partial charge in [0, 0.05) is 10.9 Å². The van der Waals surface area contributed by atoms with Crippen molar-refractivity contribution in [3.63, 3.8) is 0 Å². The maximum absolute atomic E-state index is 13.2. The number of ether oxygens (including phenoxy) is 2. The number of hydrogen-bond donors (Lipinski definition) is 2. The topological polar surface area (TPSA) is 105 Å². The minimum absolute atomic E-state index is 0.0306. The van der Waals surface area contributed by atoms with Gasteiger partial charge in [-0.15, -0.1) is 0 Å². The number of rotatable bonds is 9. The number of carboxylic acids is 1. The van der Waals surface area contributed by atoms with Gasteiger partial charge in [0.1, 0.15) is 12.1 Å². The fourth-order valence-electron chi connectivity index (χ4n) is 4.36. The number of amides is 1. The molecule has 0 aromatic heterocycles. The predicted octanol–water partition coefficient (Wildman–Crippen LogP) is 1.88. The summed E-state index contributed by atoms with van der Waals surface area (Å²) in [6.07, 6.45) is 1.40. The maximum Gasteiger partial charge on any atom is 0.326 e. The molecule has 3 rings (SSSR count). The zero-order valence-electron chi connectivity index (χ0n) is 17.8. The number of carbonyl (C=O) groups excluding carboxylic acids is 2. The van der Waals surface area contributed by atoms with Gasteiger partial charge in [-0.05, 0) is 50.8 Å². The van der Waals surface area contributed by atoms with E-state index in [9.17, 15) is 19.5 Å². The first-order chi connectivity index (χ1) is 14.8. The van der Waals surface area contributed by atoms with Gasteiger partial charge < -0.3 is 19.5 Å². The summed E-state index contributed by atoms with van der Waals surface area (Å²) < 4.78 is 10.6. The van der Waals surface area contributed by atoms with Gasteiger partial charge >= 0.3 is 11.9 Å². The summed E-state index contributed by atoms with van der Waals surface area (Å²) in [7, 11) is 0. The van der Waals surface area contributed by atoms with E-state index in [4.69, 9.17) is 21.1 Å². The Labute approximate surface area is 186 Å². The van der Waals surface area contributed by atoms with Crippen molar-refractivity contribution in [1.29, 1.82) is 0 Å². The van der Waals surface area contributed by atoms with Crippen LogP contribution in [0.1, 0.15) is 32.3 Å². The lowest BCUT2D eigenvalue weighted by Crippen LogP contribution is -2.55. The summed E-state index contributed by atoms with van der Waals surface area (Å²) in [6, 6.07) is 4.79. The first-order valence-electron chi connectivity index (χ1n) is 10.6. The summed E-state index contributed by atoms with van der Waals surface area (Å²) in [5.74, 6) is -1.76. The summed E-state index contributed by atoms with van der Waals surface area (Å²) >= 11 is 5.93. The number of esters is 1. The molecule has 1 aromatic rings. The highest BCUT2D eigenvalue weighted by Gasteiger charge is 2.50. The minimum Gasteiger partial charge on any atom is -0.480 e. The minimum atomic E-state index is -1.01. The summed E-state index contributed by atoms with van der Waals surface area (Å²) in [6.45, 7) is 4.41. The molecule has 2 fully saturated rings. The Kier molecular flexibility index (Phi) is 7.91. The number of fused-ring (bicyclic) bond motifs is 1. The molecule has 1 amide bonds. The average Bonchev–Trinajstić information content (AvgIpc) is 3.33. The number of likely N-dealkylation sites (tertiary alicyclic amines) is 1. The number of aliphatic carboxylic acids is 1. The standard InChI is InChI=1S/C22H29ClN2O6/c1-3-31-22(29)17(9-6-14-4-7-16(23)8-5-14)24-13(2)20(26)25-18(21(27)28)10-15-11-30-12-19(15)25/h4-5,7-8,13,15,17-19,24H,3,6,9-12H2,1-2H3,(H,27,28)/t13?,15?,17-,18-,19?/m0/s1. The van der Waals surface area contributed by atoms with Crippen LogP contribution in [0.25, 0.3) is 0 Å². The second-order valence-electron chi connectivity index (χ2n) is 8.06. The largest absolute Gasteiger partial charge is 0.480 e. The first-order valence-corrected chi connectivity index (χ1v) is 11.0. The van der Waals surface area contributed by atoms with Gasteiger partial charge in [0.25, 0.3) is 0 Å². The molecule has 1 aromatic carbocycles. The third kappa shape index (κ3) is 5.56. The van der Waals surface area contributed by atoms with Crippen molar-refractivity contribution < 1.29 is 29.0 Å². The second kappa shape index (κ2) is 10.4. The zero-order chi connectivity index (χ0) is 22.5. The van der Waals surface area contributed by atoms with Crippen molar-refractivity contribution in [2.24, 2.45) is 5.92 Å². The second-order valence-corrected chi connectivity index (χ2v) is 8.49. The molecule has 0 aliphatic carbocycles. The van der Waals surface area contributed by atoms with Crippen molar-refractivity contribution in [3.05, 3.63) is 34.9 Å². The van der Waals surface area contributed by atoms with Crippen LogP contribution in [-0.4, -0.2) is 71.8 Å². The normalized spacial score (nSPS) is 24.5. The van der Waals surface area contributed by atoms with E-state index >= 15 is 0 Å². The van der Waals surface area contributed by atoms with Gasteiger partial charge in [-0.3, -0.25) is 14.9 Å². The number of hydrogen-bond acceptors (Lipinski definition) is 6. The molecule has 0 bridgehead atoms. The van der Waals surface area contributed by atoms with E-state index in [-0.39, 0.29) is 24.5 Å². The molecule has 9 heteroatoms. The Bertz CT molecular complexity index is 802. The summed E-state index contributed by atoms with van der Waals surface area (Å²) in [4.78, 5) is 38.9. The molecular weight excluding hydrogens is 424 g/mol. The van der Waals surface area contributed by atoms with Crippen LogP contribution in [0.3, 0.4) is 0 Å². The molecule has 0 radical (unpaired) electrons. The van der Waals surface area contributed by atoms with Crippen LogP contribution in [-0.2, 0) is 30.3 Å². The quantitative estimate of drug-likeness (QED) is 0.551. The van der Waals surface area contributed by atoms with Crippen LogP contribution in [0.2, 0.25) is 5.02 Å². The van der Waals surface area contributed by atoms with Crippen LogP contribution >= 0.6 is 11.6 Å². The lowest BCUT2D eigenvalue weighted by Gasteiger charge is -2.31. The first kappa shape index (κ1) is 23.5. The Balaban J connectivity index is 1.68. The maximum atomic E-state index is 13.2. The van der Waals surface area contributed by atoms with Gasteiger partial charge in [0.15, 0.2) is 0 Å². The van der Waals surface area contributed by atoms with E-state index in [0.29, 0.717) is 37.5 Å². The predicted molar refractivity (Wildman–Crippen MR) is 114 cm³/mol. The van der Waals surface area contributed by atoms with Gasteiger partial charge in [-0.2, -0.15) is 0 Å². The molecule has 5 atom stereocenters. The number of aryl methyl sites for hydroxylation is 1. The van der Waals surface area contributed by atoms with E-state index in [1.54, 1.807) is 26.0 Å². The van der Waals surface area contributed by atoms with Crippen LogP contribution < -0.4 is 5.32 Å². The van der Waals surface area contributed by atoms with Crippen LogP contribution in [0.5, 0.6) is 0 Å². The Morgan fingerprint density at radius 3 is 2.65 bits per heavy atom. The van der Waals surface area contributed by atoms with E-state index < -0.39 is 30.1 Å². The van der Waals surface area contributed by atoms with E-state index in [1.807, 2.05) is 12.1 Å². The lowest BCUT2D eigenvalue weighted by atomic mass is 10.0. The molecular formula is C22H29ClN2O6. The number of carbonyl (C=O) groups is 3. The van der Waals surface area contributed by atoms with Crippen molar-refractivity contribution in [2.75, 3.05) is 19.8 Å². The number of nitrogens with zero attached hydrogens (tertiary/aromatic N) is 1. The summed E-state index contributed by atoms with van der Waals surface area (Å²) in [5, 5.41) is 13.3. The SMILES string of the molecule is CCOC(=O)[C@H](CCc1ccc(Cl)cc1)NC(C)C(=O)N1C2COCC2C[C@H]1C(=O)O. The van der Waals surface area contributed by atoms with Crippen molar-refractivity contribution in [2.45, 2.75) is 57.3 Å². The molecule has 0 spiro atoms. The molecule has 31 heavy (non-hydrogen) atoms. The molecule has 3 unspecified atom stereocenters.